The number of allylic oxidation sites excluding steroid dienone is 1. The van der Waals surface area contributed by atoms with Gasteiger partial charge in [-0.25, -0.2) is 4.79 Å². The number of ether oxygens (including phenoxy) is 3. The second kappa shape index (κ2) is 9.80. The number of hydrogen-bond donors (Lipinski definition) is 1. The van der Waals surface area contributed by atoms with Crippen molar-refractivity contribution in [2.24, 2.45) is 5.73 Å². The van der Waals surface area contributed by atoms with E-state index < -0.39 is 11.9 Å². The van der Waals surface area contributed by atoms with E-state index in [0.29, 0.717) is 35.0 Å². The Morgan fingerprint density at radius 1 is 1.09 bits per heavy atom. The van der Waals surface area contributed by atoms with Gasteiger partial charge in [-0.1, -0.05) is 53.2 Å². The Labute approximate surface area is 200 Å². The number of esters is 1. The van der Waals surface area contributed by atoms with Gasteiger partial charge in [0.15, 0.2) is 0 Å². The van der Waals surface area contributed by atoms with Crippen LogP contribution < -0.4 is 19.9 Å². The number of hydrogen-bond acceptors (Lipinski definition) is 6. The van der Waals surface area contributed by atoms with Crippen LogP contribution in [0.5, 0.6) is 17.2 Å². The minimum absolute atomic E-state index is 0.0232. The molecule has 7 heteroatoms. The third-order valence-corrected chi connectivity index (χ3v) is 5.88. The van der Waals surface area contributed by atoms with Gasteiger partial charge in [-0.2, -0.15) is 5.26 Å². The summed E-state index contributed by atoms with van der Waals surface area (Å²) in [6.07, 6.45) is 0.870. The third kappa shape index (κ3) is 4.71. The smallest absolute Gasteiger partial charge is 0.343 e. The molecule has 0 amide bonds. The van der Waals surface area contributed by atoms with Crippen molar-refractivity contribution < 1.29 is 19.0 Å². The molecular weight excluding hydrogens is 484 g/mol. The van der Waals surface area contributed by atoms with Gasteiger partial charge in [-0.3, -0.25) is 0 Å². The summed E-state index contributed by atoms with van der Waals surface area (Å²) in [4.78, 5) is 12.7. The van der Waals surface area contributed by atoms with Crippen LogP contribution in [0.25, 0.3) is 0 Å². The van der Waals surface area contributed by atoms with Crippen LogP contribution >= 0.6 is 15.9 Å². The number of nitrogens with zero attached hydrogens (tertiary/aromatic N) is 1. The van der Waals surface area contributed by atoms with Gasteiger partial charge in [-0.05, 0) is 42.3 Å². The molecule has 0 saturated carbocycles. The number of nitriles is 1. The van der Waals surface area contributed by atoms with Crippen LogP contribution in [0.3, 0.4) is 0 Å². The lowest BCUT2D eigenvalue weighted by atomic mass is 9.83. The van der Waals surface area contributed by atoms with Crippen LogP contribution in [0.1, 0.15) is 40.7 Å². The lowest BCUT2D eigenvalue weighted by Crippen LogP contribution is -2.21. The first kappa shape index (κ1) is 22.4. The molecule has 1 atom stereocenters. The average Bonchev–Trinajstić information content (AvgIpc) is 2.82. The summed E-state index contributed by atoms with van der Waals surface area (Å²) in [6, 6.07) is 21.7. The molecule has 0 radical (unpaired) electrons. The molecule has 33 heavy (non-hydrogen) atoms. The number of carbonyl (C=O) groups excluding carboxylic acids is 1. The highest BCUT2D eigenvalue weighted by molar-refractivity contribution is 9.10. The Morgan fingerprint density at radius 2 is 1.91 bits per heavy atom. The minimum atomic E-state index is -0.517. The van der Waals surface area contributed by atoms with E-state index in [1.807, 2.05) is 31.2 Å². The predicted molar refractivity (Wildman–Crippen MR) is 127 cm³/mol. The molecule has 1 aliphatic rings. The van der Waals surface area contributed by atoms with Crippen molar-refractivity contribution in [3.8, 4) is 23.3 Å². The zero-order chi connectivity index (χ0) is 23.4. The van der Waals surface area contributed by atoms with Crippen LogP contribution in [-0.4, -0.2) is 12.6 Å². The number of benzene rings is 3. The molecule has 1 unspecified atom stereocenters. The predicted octanol–water partition coefficient (Wildman–Crippen LogP) is 5.68. The summed E-state index contributed by atoms with van der Waals surface area (Å²) in [7, 11) is 0. The fourth-order valence-electron chi connectivity index (χ4n) is 3.63. The Bertz CT molecular complexity index is 1280. The first-order valence-electron chi connectivity index (χ1n) is 10.4. The molecule has 0 spiro atoms. The highest BCUT2D eigenvalue weighted by atomic mass is 79.9. The van der Waals surface area contributed by atoms with Gasteiger partial charge in [-0.15, -0.1) is 0 Å². The van der Waals surface area contributed by atoms with Gasteiger partial charge in [0, 0.05) is 16.1 Å². The van der Waals surface area contributed by atoms with Gasteiger partial charge in [0.25, 0.3) is 0 Å². The van der Waals surface area contributed by atoms with Gasteiger partial charge in [0.2, 0.25) is 5.88 Å². The average molecular weight is 505 g/mol. The Hall–Kier alpha value is -3.76. The molecule has 0 fully saturated rings. The standard InChI is InChI=1S/C26H21BrN2O4/c1-2-12-31-17-7-5-6-16(13-17)26(30)32-18-10-11-20-23(14-18)33-25(29)21(15-28)24(20)19-8-3-4-9-22(19)27/h3-11,13-14,24H,2,12,29H2,1H3. The molecule has 3 aromatic rings. The fraction of sp³-hybridized carbons (Fsp3) is 0.154. The molecule has 1 heterocycles. The van der Waals surface area contributed by atoms with E-state index in [-0.39, 0.29) is 5.88 Å². The van der Waals surface area contributed by atoms with Crippen molar-refractivity contribution in [2.45, 2.75) is 19.3 Å². The number of nitrogens with two attached hydrogens (primary N) is 1. The molecule has 3 aromatic carbocycles. The van der Waals surface area contributed by atoms with Crippen LogP contribution in [0.15, 0.2) is 82.7 Å². The van der Waals surface area contributed by atoms with E-state index in [9.17, 15) is 10.1 Å². The van der Waals surface area contributed by atoms with Gasteiger partial charge in [0.1, 0.15) is 28.9 Å². The topological polar surface area (TPSA) is 94.6 Å². The molecule has 0 saturated heterocycles. The van der Waals surface area contributed by atoms with Crippen LogP contribution in [0.4, 0.5) is 0 Å². The van der Waals surface area contributed by atoms with E-state index in [0.717, 1.165) is 22.0 Å². The molecular formula is C26H21BrN2O4. The van der Waals surface area contributed by atoms with Crippen LogP contribution in [0, 0.1) is 11.3 Å². The number of halogens is 1. The van der Waals surface area contributed by atoms with Crippen molar-refractivity contribution in [1.82, 2.24) is 0 Å². The SMILES string of the molecule is CCCOc1cccc(C(=O)Oc2ccc3c(c2)OC(N)=C(C#N)C3c2ccccc2Br)c1. The highest BCUT2D eigenvalue weighted by Gasteiger charge is 2.32. The van der Waals surface area contributed by atoms with Crippen molar-refractivity contribution in [3.63, 3.8) is 0 Å². The zero-order valence-corrected chi connectivity index (χ0v) is 19.5. The molecule has 0 aliphatic carbocycles. The van der Waals surface area contributed by atoms with E-state index in [2.05, 4.69) is 22.0 Å². The Balaban J connectivity index is 1.63. The van der Waals surface area contributed by atoms with Gasteiger partial charge >= 0.3 is 5.97 Å². The zero-order valence-electron chi connectivity index (χ0n) is 17.9. The van der Waals surface area contributed by atoms with Crippen molar-refractivity contribution in [3.05, 3.63) is 99.3 Å². The molecule has 1 aliphatic heterocycles. The molecule has 166 valence electrons. The van der Waals surface area contributed by atoms with E-state index in [4.69, 9.17) is 19.9 Å². The first-order valence-corrected chi connectivity index (χ1v) is 11.2. The van der Waals surface area contributed by atoms with Gasteiger partial charge < -0.3 is 19.9 Å². The fourth-order valence-corrected chi connectivity index (χ4v) is 4.14. The highest BCUT2D eigenvalue weighted by Crippen LogP contribution is 2.45. The summed E-state index contributed by atoms with van der Waals surface area (Å²) in [5.74, 6) is 0.436. The van der Waals surface area contributed by atoms with Gasteiger partial charge in [0.05, 0.1) is 18.1 Å². The number of carbonyl (C=O) groups is 1. The Morgan fingerprint density at radius 3 is 2.67 bits per heavy atom. The minimum Gasteiger partial charge on any atom is -0.494 e. The second-order valence-electron chi connectivity index (χ2n) is 7.41. The first-order chi connectivity index (χ1) is 16.0. The van der Waals surface area contributed by atoms with Crippen LogP contribution in [-0.2, 0) is 0 Å². The third-order valence-electron chi connectivity index (χ3n) is 5.16. The van der Waals surface area contributed by atoms with E-state index in [1.54, 1.807) is 42.5 Å². The number of fused-ring (bicyclic) bond motifs is 1. The molecule has 2 N–H and O–H groups in total. The van der Waals surface area contributed by atoms with Crippen molar-refractivity contribution in [1.29, 1.82) is 5.26 Å². The largest absolute Gasteiger partial charge is 0.494 e. The monoisotopic (exact) mass is 504 g/mol. The lowest BCUT2D eigenvalue weighted by molar-refractivity contribution is 0.0734. The quantitative estimate of drug-likeness (QED) is 0.343. The molecule has 0 bridgehead atoms. The van der Waals surface area contributed by atoms with E-state index in [1.165, 1.54) is 0 Å². The van der Waals surface area contributed by atoms with E-state index >= 15 is 0 Å². The van der Waals surface area contributed by atoms with Crippen LogP contribution in [0.2, 0.25) is 0 Å². The van der Waals surface area contributed by atoms with Crippen molar-refractivity contribution >= 4 is 21.9 Å². The Kier molecular flexibility index (Phi) is 6.66. The molecule has 4 rings (SSSR count). The summed E-state index contributed by atoms with van der Waals surface area (Å²) in [5, 5.41) is 9.72. The molecule has 0 aromatic heterocycles. The maximum atomic E-state index is 12.7. The summed E-state index contributed by atoms with van der Waals surface area (Å²) >= 11 is 3.56. The molecule has 6 nitrogen and oxygen atoms in total. The summed E-state index contributed by atoms with van der Waals surface area (Å²) in [5.41, 5.74) is 8.41. The van der Waals surface area contributed by atoms with Crippen molar-refractivity contribution in [2.75, 3.05) is 6.61 Å². The second-order valence-corrected chi connectivity index (χ2v) is 8.27. The normalized spacial score (nSPS) is 14.6. The lowest BCUT2D eigenvalue weighted by Gasteiger charge is -2.27. The number of rotatable bonds is 6. The summed E-state index contributed by atoms with van der Waals surface area (Å²) < 4.78 is 17.7. The maximum absolute atomic E-state index is 12.7. The maximum Gasteiger partial charge on any atom is 0.343 e. The summed E-state index contributed by atoms with van der Waals surface area (Å²) in [6.45, 7) is 2.58.